The molecule has 74 valence electrons. The SMILES string of the molecule is Cn1c(CCCl)nc2cc(Cl)ccc21. The highest BCUT2D eigenvalue weighted by atomic mass is 35.5. The molecule has 14 heavy (non-hydrogen) atoms. The Bertz CT molecular complexity index is 462. The number of benzene rings is 1. The van der Waals surface area contributed by atoms with Gasteiger partial charge >= 0.3 is 0 Å². The molecule has 0 N–H and O–H groups in total. The van der Waals surface area contributed by atoms with Crippen molar-refractivity contribution in [1.29, 1.82) is 0 Å². The first-order chi connectivity index (χ1) is 6.72. The van der Waals surface area contributed by atoms with Gasteiger partial charge in [0.25, 0.3) is 0 Å². The van der Waals surface area contributed by atoms with E-state index in [1.165, 1.54) is 0 Å². The molecule has 1 aromatic heterocycles. The predicted molar refractivity (Wildman–Crippen MR) is 60.1 cm³/mol. The van der Waals surface area contributed by atoms with Crippen LogP contribution in [0, 0.1) is 0 Å². The first-order valence-electron chi connectivity index (χ1n) is 4.39. The van der Waals surface area contributed by atoms with Crippen molar-refractivity contribution in [1.82, 2.24) is 9.55 Å². The Morgan fingerprint density at radius 2 is 2.21 bits per heavy atom. The summed E-state index contributed by atoms with van der Waals surface area (Å²) in [6, 6.07) is 5.72. The van der Waals surface area contributed by atoms with E-state index in [0.29, 0.717) is 10.9 Å². The van der Waals surface area contributed by atoms with Gasteiger partial charge in [-0.2, -0.15) is 0 Å². The number of alkyl halides is 1. The van der Waals surface area contributed by atoms with Crippen LogP contribution in [0.1, 0.15) is 5.82 Å². The van der Waals surface area contributed by atoms with Gasteiger partial charge in [0.15, 0.2) is 0 Å². The fraction of sp³-hybridized carbons (Fsp3) is 0.300. The van der Waals surface area contributed by atoms with Gasteiger partial charge in [-0.05, 0) is 18.2 Å². The molecule has 0 bridgehead atoms. The lowest BCUT2D eigenvalue weighted by atomic mass is 10.3. The summed E-state index contributed by atoms with van der Waals surface area (Å²) in [5.41, 5.74) is 2.02. The molecule has 0 aliphatic rings. The number of hydrogen-bond acceptors (Lipinski definition) is 1. The zero-order chi connectivity index (χ0) is 10.1. The highest BCUT2D eigenvalue weighted by Gasteiger charge is 2.06. The van der Waals surface area contributed by atoms with Crippen LogP contribution in [-0.2, 0) is 13.5 Å². The van der Waals surface area contributed by atoms with E-state index in [9.17, 15) is 0 Å². The van der Waals surface area contributed by atoms with Gasteiger partial charge in [-0.25, -0.2) is 4.98 Å². The molecule has 0 unspecified atom stereocenters. The van der Waals surface area contributed by atoms with Crippen LogP contribution in [0.4, 0.5) is 0 Å². The molecule has 2 rings (SSSR count). The highest BCUT2D eigenvalue weighted by molar-refractivity contribution is 6.31. The molecule has 0 saturated heterocycles. The van der Waals surface area contributed by atoms with Crippen LogP contribution in [-0.4, -0.2) is 15.4 Å². The van der Waals surface area contributed by atoms with Crippen LogP contribution in [0.5, 0.6) is 0 Å². The fourth-order valence-corrected chi connectivity index (χ4v) is 1.87. The smallest absolute Gasteiger partial charge is 0.110 e. The second kappa shape index (κ2) is 3.79. The third kappa shape index (κ3) is 1.60. The molecule has 0 atom stereocenters. The molecular weight excluding hydrogens is 219 g/mol. The van der Waals surface area contributed by atoms with Gasteiger partial charge in [0.2, 0.25) is 0 Å². The van der Waals surface area contributed by atoms with E-state index in [1.54, 1.807) is 0 Å². The van der Waals surface area contributed by atoms with E-state index in [1.807, 2.05) is 29.8 Å². The van der Waals surface area contributed by atoms with Crippen LogP contribution >= 0.6 is 23.2 Å². The summed E-state index contributed by atoms with van der Waals surface area (Å²) in [4.78, 5) is 4.46. The summed E-state index contributed by atoms with van der Waals surface area (Å²) in [5, 5.41) is 0.716. The Hall–Kier alpha value is -0.730. The molecule has 0 aliphatic heterocycles. The van der Waals surface area contributed by atoms with Crippen molar-refractivity contribution in [3.05, 3.63) is 29.0 Å². The quantitative estimate of drug-likeness (QED) is 0.724. The number of nitrogens with zero attached hydrogens (tertiary/aromatic N) is 2. The molecule has 1 heterocycles. The fourth-order valence-electron chi connectivity index (χ4n) is 1.53. The molecule has 4 heteroatoms. The topological polar surface area (TPSA) is 17.8 Å². The molecule has 0 fully saturated rings. The summed E-state index contributed by atoms with van der Waals surface area (Å²) in [7, 11) is 1.99. The van der Waals surface area contributed by atoms with Crippen LogP contribution in [0.2, 0.25) is 5.02 Å². The third-order valence-electron chi connectivity index (χ3n) is 2.25. The van der Waals surface area contributed by atoms with E-state index in [0.717, 1.165) is 23.3 Å². The average molecular weight is 229 g/mol. The lowest BCUT2D eigenvalue weighted by molar-refractivity contribution is 0.831. The molecule has 2 aromatic rings. The van der Waals surface area contributed by atoms with Gasteiger partial charge in [-0.1, -0.05) is 11.6 Å². The minimum Gasteiger partial charge on any atom is -0.331 e. The zero-order valence-corrected chi connectivity index (χ0v) is 9.31. The normalized spacial score (nSPS) is 11.1. The molecular formula is C10H10Cl2N2. The van der Waals surface area contributed by atoms with Gasteiger partial charge < -0.3 is 4.57 Å². The second-order valence-electron chi connectivity index (χ2n) is 3.16. The zero-order valence-electron chi connectivity index (χ0n) is 7.80. The molecule has 0 aliphatic carbocycles. The molecule has 0 amide bonds. The maximum absolute atomic E-state index is 5.88. The number of rotatable bonds is 2. The second-order valence-corrected chi connectivity index (χ2v) is 3.97. The first-order valence-corrected chi connectivity index (χ1v) is 5.30. The summed E-state index contributed by atoms with van der Waals surface area (Å²) < 4.78 is 2.05. The van der Waals surface area contributed by atoms with Gasteiger partial charge in [-0.15, -0.1) is 11.6 Å². The summed E-state index contributed by atoms with van der Waals surface area (Å²) in [5.74, 6) is 1.59. The van der Waals surface area contributed by atoms with Crippen LogP contribution < -0.4 is 0 Å². The maximum Gasteiger partial charge on any atom is 0.110 e. The van der Waals surface area contributed by atoms with E-state index in [4.69, 9.17) is 23.2 Å². The van der Waals surface area contributed by atoms with Gasteiger partial charge in [-0.3, -0.25) is 0 Å². The third-order valence-corrected chi connectivity index (χ3v) is 2.68. The van der Waals surface area contributed by atoms with E-state index < -0.39 is 0 Å². The van der Waals surface area contributed by atoms with Gasteiger partial charge in [0.05, 0.1) is 11.0 Å². The van der Waals surface area contributed by atoms with Crippen molar-refractivity contribution >= 4 is 34.2 Å². The van der Waals surface area contributed by atoms with Crippen molar-refractivity contribution in [2.75, 3.05) is 5.88 Å². The number of halogens is 2. The van der Waals surface area contributed by atoms with Crippen LogP contribution in [0.25, 0.3) is 11.0 Å². The number of aromatic nitrogens is 2. The number of fused-ring (bicyclic) bond motifs is 1. The summed E-state index contributed by atoms with van der Waals surface area (Å²) in [6.07, 6.45) is 0.782. The minimum absolute atomic E-state index is 0.588. The van der Waals surface area contributed by atoms with Crippen molar-refractivity contribution in [2.45, 2.75) is 6.42 Å². The Morgan fingerprint density at radius 3 is 2.93 bits per heavy atom. The average Bonchev–Trinajstić information content (AvgIpc) is 2.44. The molecule has 0 spiro atoms. The molecule has 0 saturated carbocycles. The van der Waals surface area contributed by atoms with Crippen molar-refractivity contribution in [3.63, 3.8) is 0 Å². The number of aryl methyl sites for hydroxylation is 2. The van der Waals surface area contributed by atoms with Gasteiger partial charge in [0.1, 0.15) is 5.82 Å². The van der Waals surface area contributed by atoms with Crippen molar-refractivity contribution < 1.29 is 0 Å². The van der Waals surface area contributed by atoms with E-state index in [2.05, 4.69) is 4.98 Å². The molecule has 0 radical (unpaired) electrons. The Labute approximate surface area is 92.5 Å². The van der Waals surface area contributed by atoms with Crippen LogP contribution in [0.3, 0.4) is 0 Å². The van der Waals surface area contributed by atoms with Crippen molar-refractivity contribution in [3.8, 4) is 0 Å². The lowest BCUT2D eigenvalue weighted by Gasteiger charge is -1.98. The van der Waals surface area contributed by atoms with Crippen LogP contribution in [0.15, 0.2) is 18.2 Å². The monoisotopic (exact) mass is 228 g/mol. The standard InChI is InChI=1S/C10H10Cl2N2/c1-14-9-3-2-7(12)6-8(9)13-10(14)4-5-11/h2-3,6H,4-5H2,1H3. The number of hydrogen-bond donors (Lipinski definition) is 0. The van der Waals surface area contributed by atoms with Crippen molar-refractivity contribution in [2.24, 2.45) is 7.05 Å². The maximum atomic E-state index is 5.88. The number of imidazole rings is 1. The summed E-state index contributed by atoms with van der Waals surface area (Å²) in [6.45, 7) is 0. The predicted octanol–water partition coefficient (Wildman–Crippen LogP) is 3.01. The highest BCUT2D eigenvalue weighted by Crippen LogP contribution is 2.19. The largest absolute Gasteiger partial charge is 0.331 e. The summed E-state index contributed by atoms with van der Waals surface area (Å²) >= 11 is 11.6. The van der Waals surface area contributed by atoms with Gasteiger partial charge in [0, 0.05) is 24.4 Å². The van der Waals surface area contributed by atoms with E-state index in [-0.39, 0.29) is 0 Å². The minimum atomic E-state index is 0.588. The molecule has 2 nitrogen and oxygen atoms in total. The Morgan fingerprint density at radius 1 is 1.43 bits per heavy atom. The molecule has 1 aromatic carbocycles. The lowest BCUT2D eigenvalue weighted by Crippen LogP contribution is -1.98. The Kier molecular flexibility index (Phi) is 2.66. The Balaban J connectivity index is 2.61. The van der Waals surface area contributed by atoms with E-state index >= 15 is 0 Å². The first kappa shape index (κ1) is 9.81.